The van der Waals surface area contributed by atoms with Crippen LogP contribution in [0.1, 0.15) is 47.5 Å². The lowest BCUT2D eigenvalue weighted by molar-refractivity contribution is 0.0696. The Morgan fingerprint density at radius 3 is 2.71 bits per heavy atom. The van der Waals surface area contributed by atoms with Gasteiger partial charge in [-0.25, -0.2) is 4.79 Å². The van der Waals surface area contributed by atoms with E-state index in [1.807, 2.05) is 5.38 Å². The summed E-state index contributed by atoms with van der Waals surface area (Å²) in [5, 5.41) is 10.9. The third-order valence-corrected chi connectivity index (χ3v) is 4.02. The van der Waals surface area contributed by atoms with Crippen molar-refractivity contribution in [1.82, 2.24) is 0 Å². The van der Waals surface area contributed by atoms with Crippen LogP contribution < -0.4 is 0 Å². The molecule has 1 aliphatic carbocycles. The Bertz CT molecular complexity index is 353. The van der Waals surface area contributed by atoms with E-state index < -0.39 is 5.97 Å². The average Bonchev–Trinajstić information content (AvgIpc) is 2.70. The summed E-state index contributed by atoms with van der Waals surface area (Å²) < 4.78 is 0.416. The van der Waals surface area contributed by atoms with Crippen molar-refractivity contribution >= 4 is 28.9 Å². The molecule has 1 aromatic rings. The van der Waals surface area contributed by atoms with Crippen LogP contribution in [0.15, 0.2) is 5.38 Å². The maximum atomic E-state index is 11.0. The van der Waals surface area contributed by atoms with Gasteiger partial charge in [0, 0.05) is 0 Å². The largest absolute Gasteiger partial charge is 0.478 e. The van der Waals surface area contributed by atoms with Crippen LogP contribution in [0.4, 0.5) is 0 Å². The summed E-state index contributed by atoms with van der Waals surface area (Å²) in [5.74, 6) is -0.469. The van der Waals surface area contributed by atoms with Crippen molar-refractivity contribution in [1.29, 1.82) is 0 Å². The number of carboxylic acid groups (broad SMARTS) is 1. The van der Waals surface area contributed by atoms with Crippen LogP contribution in [0.3, 0.4) is 0 Å². The first-order valence-corrected chi connectivity index (χ1v) is 5.96. The molecular weight excluding hydrogens is 220 g/mol. The first-order valence-electron chi connectivity index (χ1n) is 4.70. The molecule has 1 aliphatic rings. The minimum absolute atomic E-state index is 0.337. The summed E-state index contributed by atoms with van der Waals surface area (Å²) >= 11 is 7.19. The van der Waals surface area contributed by atoms with E-state index in [0.717, 1.165) is 18.4 Å². The van der Waals surface area contributed by atoms with Gasteiger partial charge in [0.1, 0.15) is 4.34 Å². The summed E-state index contributed by atoms with van der Waals surface area (Å²) in [4.78, 5) is 11.0. The molecule has 0 bridgehead atoms. The summed E-state index contributed by atoms with van der Waals surface area (Å²) in [6, 6.07) is 0. The van der Waals surface area contributed by atoms with Crippen molar-refractivity contribution in [3.63, 3.8) is 0 Å². The number of carbonyl (C=O) groups is 1. The van der Waals surface area contributed by atoms with Crippen molar-refractivity contribution in [2.75, 3.05) is 0 Å². The second-order valence-corrected chi connectivity index (χ2v) is 5.11. The summed E-state index contributed by atoms with van der Waals surface area (Å²) in [7, 11) is 0. The van der Waals surface area contributed by atoms with Gasteiger partial charge in [-0.3, -0.25) is 0 Å². The summed E-state index contributed by atoms with van der Waals surface area (Å²) in [5.41, 5.74) is 1.29. The third kappa shape index (κ3) is 1.66. The Balaban J connectivity index is 2.37. The molecule has 76 valence electrons. The molecule has 0 aromatic carbocycles. The van der Waals surface area contributed by atoms with Crippen LogP contribution in [0.25, 0.3) is 0 Å². The van der Waals surface area contributed by atoms with Crippen LogP contribution in [0.2, 0.25) is 4.34 Å². The van der Waals surface area contributed by atoms with Gasteiger partial charge in [-0.15, -0.1) is 11.3 Å². The molecule has 1 heterocycles. The van der Waals surface area contributed by atoms with E-state index in [9.17, 15) is 4.79 Å². The van der Waals surface area contributed by atoms with E-state index in [-0.39, 0.29) is 0 Å². The van der Waals surface area contributed by atoms with Crippen LogP contribution in [-0.2, 0) is 0 Å². The summed E-state index contributed by atoms with van der Waals surface area (Å²) in [6.07, 6.45) is 4.62. The molecule has 0 radical (unpaired) electrons. The second kappa shape index (κ2) is 3.91. The molecule has 0 amide bonds. The molecule has 0 aliphatic heterocycles. The van der Waals surface area contributed by atoms with Crippen LogP contribution in [0.5, 0.6) is 0 Å². The van der Waals surface area contributed by atoms with Gasteiger partial charge >= 0.3 is 5.97 Å². The molecule has 1 fully saturated rings. The molecule has 14 heavy (non-hydrogen) atoms. The molecule has 0 saturated heterocycles. The zero-order valence-corrected chi connectivity index (χ0v) is 9.20. The minimum Gasteiger partial charge on any atom is -0.478 e. The van der Waals surface area contributed by atoms with Crippen molar-refractivity contribution < 1.29 is 9.90 Å². The van der Waals surface area contributed by atoms with Gasteiger partial charge in [0.25, 0.3) is 0 Å². The topological polar surface area (TPSA) is 37.3 Å². The van der Waals surface area contributed by atoms with Gasteiger partial charge in [-0.05, 0) is 29.7 Å². The van der Waals surface area contributed by atoms with E-state index in [2.05, 4.69) is 0 Å². The molecule has 2 rings (SSSR count). The monoisotopic (exact) mass is 230 g/mol. The zero-order valence-electron chi connectivity index (χ0n) is 7.62. The Morgan fingerprint density at radius 1 is 1.50 bits per heavy atom. The number of hydrogen-bond acceptors (Lipinski definition) is 2. The predicted octanol–water partition coefficient (Wildman–Crippen LogP) is 3.76. The third-order valence-electron chi connectivity index (χ3n) is 2.78. The van der Waals surface area contributed by atoms with Gasteiger partial charge in [0.05, 0.1) is 5.56 Å². The fraction of sp³-hybridized carbons (Fsp3) is 0.500. The standard InChI is InChI=1S/C10H11ClO2S/c11-9-8(10(12)13)7(5-14-9)6-3-1-2-4-6/h5-6H,1-4H2,(H,12,13). The lowest BCUT2D eigenvalue weighted by Gasteiger charge is -2.07. The SMILES string of the molecule is O=C(O)c1c(C2CCCC2)csc1Cl. The molecule has 0 atom stereocenters. The zero-order chi connectivity index (χ0) is 10.1. The lowest BCUT2D eigenvalue weighted by Crippen LogP contribution is -2.02. The number of hydrogen-bond donors (Lipinski definition) is 1. The number of thiophene rings is 1. The molecular formula is C10H11ClO2S. The van der Waals surface area contributed by atoms with Gasteiger partial charge < -0.3 is 5.11 Å². The Kier molecular flexibility index (Phi) is 2.79. The maximum absolute atomic E-state index is 11.0. The molecule has 1 N–H and O–H groups in total. The normalized spacial score (nSPS) is 17.5. The quantitative estimate of drug-likeness (QED) is 0.840. The molecule has 1 saturated carbocycles. The van der Waals surface area contributed by atoms with Gasteiger partial charge in [-0.2, -0.15) is 0 Å². The highest BCUT2D eigenvalue weighted by molar-refractivity contribution is 7.15. The van der Waals surface area contributed by atoms with Crippen LogP contribution in [-0.4, -0.2) is 11.1 Å². The first-order chi connectivity index (χ1) is 6.70. The highest BCUT2D eigenvalue weighted by Gasteiger charge is 2.25. The average molecular weight is 231 g/mol. The van der Waals surface area contributed by atoms with Crippen molar-refractivity contribution in [3.05, 3.63) is 20.8 Å². The van der Waals surface area contributed by atoms with E-state index in [0.29, 0.717) is 15.8 Å². The molecule has 2 nitrogen and oxygen atoms in total. The van der Waals surface area contributed by atoms with E-state index in [1.54, 1.807) is 0 Å². The number of carboxylic acids is 1. The van der Waals surface area contributed by atoms with Crippen LogP contribution in [0, 0.1) is 0 Å². The minimum atomic E-state index is -0.891. The van der Waals surface area contributed by atoms with Gasteiger partial charge in [-0.1, -0.05) is 24.4 Å². The van der Waals surface area contributed by atoms with Crippen molar-refractivity contribution in [3.8, 4) is 0 Å². The highest BCUT2D eigenvalue weighted by atomic mass is 35.5. The summed E-state index contributed by atoms with van der Waals surface area (Å²) in [6.45, 7) is 0. The highest BCUT2D eigenvalue weighted by Crippen LogP contribution is 2.40. The Hall–Kier alpha value is -0.540. The van der Waals surface area contributed by atoms with Crippen molar-refractivity contribution in [2.45, 2.75) is 31.6 Å². The first kappa shape index (κ1) is 9.99. The van der Waals surface area contributed by atoms with Crippen molar-refractivity contribution in [2.24, 2.45) is 0 Å². The van der Waals surface area contributed by atoms with E-state index in [1.165, 1.54) is 24.2 Å². The van der Waals surface area contributed by atoms with Crippen LogP contribution >= 0.6 is 22.9 Å². The molecule has 0 spiro atoms. The molecule has 0 unspecified atom stereocenters. The molecule has 1 aromatic heterocycles. The number of rotatable bonds is 2. The smallest absolute Gasteiger partial charge is 0.338 e. The lowest BCUT2D eigenvalue weighted by atomic mass is 9.97. The second-order valence-electron chi connectivity index (χ2n) is 3.63. The van der Waals surface area contributed by atoms with Gasteiger partial charge in [0.2, 0.25) is 0 Å². The fourth-order valence-electron chi connectivity index (χ4n) is 2.09. The van der Waals surface area contributed by atoms with E-state index >= 15 is 0 Å². The fourth-order valence-corrected chi connectivity index (χ4v) is 3.28. The maximum Gasteiger partial charge on any atom is 0.338 e. The van der Waals surface area contributed by atoms with Gasteiger partial charge in [0.15, 0.2) is 0 Å². The number of halogens is 1. The molecule has 4 heteroatoms. The predicted molar refractivity (Wildman–Crippen MR) is 57.5 cm³/mol. The number of aromatic carboxylic acids is 1. The Labute approximate surface area is 91.5 Å². The Morgan fingerprint density at radius 2 is 2.14 bits per heavy atom. The van der Waals surface area contributed by atoms with E-state index in [4.69, 9.17) is 16.7 Å².